The molecule has 0 bridgehead atoms. The van der Waals surface area contributed by atoms with E-state index in [1.807, 2.05) is 24.4 Å². The highest BCUT2D eigenvalue weighted by Gasteiger charge is 2.13. The Morgan fingerprint density at radius 3 is 2.83 bits per heavy atom. The highest BCUT2D eigenvalue weighted by molar-refractivity contribution is 7.10. The van der Waals surface area contributed by atoms with Crippen LogP contribution < -0.4 is 11.3 Å². The Morgan fingerprint density at radius 2 is 2.42 bits per heavy atom. The summed E-state index contributed by atoms with van der Waals surface area (Å²) in [7, 11) is 0. The molecule has 1 unspecified atom stereocenters. The monoisotopic (exact) mass is 206 g/mol. The van der Waals surface area contributed by atoms with Crippen molar-refractivity contribution in [1.82, 2.24) is 5.43 Å². The summed E-state index contributed by atoms with van der Waals surface area (Å²) in [6.07, 6.45) is 0. The lowest BCUT2D eigenvalue weighted by molar-refractivity contribution is -0.122. The highest BCUT2D eigenvalue weighted by Crippen LogP contribution is 2.19. The summed E-state index contributed by atoms with van der Waals surface area (Å²) in [6.45, 7) is 1.83. The highest BCUT2D eigenvalue weighted by atomic mass is 35.5. The second-order valence-electron chi connectivity index (χ2n) is 2.25. The van der Waals surface area contributed by atoms with E-state index in [1.54, 1.807) is 11.3 Å². The molecule has 1 heterocycles. The molecule has 3 N–H and O–H groups in total. The van der Waals surface area contributed by atoms with Crippen LogP contribution in [0.1, 0.15) is 17.7 Å². The zero-order chi connectivity index (χ0) is 8.27. The molecule has 1 atom stereocenters. The van der Waals surface area contributed by atoms with Crippen molar-refractivity contribution in [3.05, 3.63) is 22.4 Å². The molecule has 1 aromatic rings. The first-order valence-electron chi connectivity index (χ1n) is 3.29. The summed E-state index contributed by atoms with van der Waals surface area (Å²) < 4.78 is 0. The van der Waals surface area contributed by atoms with E-state index in [9.17, 15) is 4.79 Å². The summed E-state index contributed by atoms with van der Waals surface area (Å²) in [5, 5.41) is 1.94. The van der Waals surface area contributed by atoms with Gasteiger partial charge in [-0.25, -0.2) is 5.84 Å². The summed E-state index contributed by atoms with van der Waals surface area (Å²) >= 11 is 1.56. The van der Waals surface area contributed by atoms with Crippen LogP contribution in [0, 0.1) is 0 Å². The van der Waals surface area contributed by atoms with Crippen molar-refractivity contribution in [2.75, 3.05) is 0 Å². The number of thiophene rings is 1. The van der Waals surface area contributed by atoms with Gasteiger partial charge in [-0.3, -0.25) is 10.2 Å². The van der Waals surface area contributed by atoms with Gasteiger partial charge < -0.3 is 0 Å². The van der Waals surface area contributed by atoms with Crippen molar-refractivity contribution in [1.29, 1.82) is 0 Å². The zero-order valence-corrected chi connectivity index (χ0v) is 8.24. The maximum atomic E-state index is 11.0. The Morgan fingerprint density at radius 1 is 1.75 bits per heavy atom. The fourth-order valence-corrected chi connectivity index (χ4v) is 1.57. The Kier molecular flexibility index (Phi) is 4.89. The van der Waals surface area contributed by atoms with Crippen LogP contribution in [0.4, 0.5) is 0 Å². The van der Waals surface area contributed by atoms with Crippen molar-refractivity contribution in [2.24, 2.45) is 5.84 Å². The number of rotatable bonds is 2. The van der Waals surface area contributed by atoms with Crippen LogP contribution in [0.25, 0.3) is 0 Å². The number of hydrogen-bond acceptors (Lipinski definition) is 3. The average Bonchev–Trinajstić information content (AvgIpc) is 2.53. The van der Waals surface area contributed by atoms with Crippen molar-refractivity contribution in [2.45, 2.75) is 12.8 Å². The first-order chi connectivity index (χ1) is 5.25. The van der Waals surface area contributed by atoms with Crippen LogP contribution >= 0.6 is 23.7 Å². The quantitative estimate of drug-likeness (QED) is 0.435. The minimum atomic E-state index is -0.146. The maximum Gasteiger partial charge on any atom is 0.241 e. The molecule has 0 saturated carbocycles. The summed E-state index contributed by atoms with van der Waals surface area (Å²) in [6, 6.07) is 3.84. The zero-order valence-electron chi connectivity index (χ0n) is 6.61. The largest absolute Gasteiger partial charge is 0.294 e. The molecule has 1 aromatic heterocycles. The SMILES string of the molecule is CC(C(=O)NN)c1cccs1.Cl. The van der Waals surface area contributed by atoms with E-state index in [1.165, 1.54) is 0 Å². The van der Waals surface area contributed by atoms with E-state index in [4.69, 9.17) is 5.84 Å². The molecule has 0 spiro atoms. The van der Waals surface area contributed by atoms with E-state index in [0.717, 1.165) is 4.88 Å². The van der Waals surface area contributed by atoms with Crippen molar-refractivity contribution < 1.29 is 4.79 Å². The van der Waals surface area contributed by atoms with E-state index >= 15 is 0 Å². The third-order valence-electron chi connectivity index (χ3n) is 1.51. The minimum Gasteiger partial charge on any atom is -0.294 e. The van der Waals surface area contributed by atoms with E-state index in [-0.39, 0.29) is 24.2 Å². The molecule has 0 fully saturated rings. The van der Waals surface area contributed by atoms with Gasteiger partial charge in [-0.2, -0.15) is 0 Å². The van der Waals surface area contributed by atoms with Gasteiger partial charge in [-0.15, -0.1) is 23.7 Å². The van der Waals surface area contributed by atoms with Gasteiger partial charge in [0.25, 0.3) is 0 Å². The Hall–Kier alpha value is -0.580. The molecule has 1 rings (SSSR count). The fourth-order valence-electron chi connectivity index (χ4n) is 0.792. The number of hydrogen-bond donors (Lipinski definition) is 2. The van der Waals surface area contributed by atoms with Crippen LogP contribution in [0.5, 0.6) is 0 Å². The number of carbonyl (C=O) groups excluding carboxylic acids is 1. The fraction of sp³-hybridized carbons (Fsp3) is 0.286. The Bertz CT molecular complexity index is 238. The van der Waals surface area contributed by atoms with Gasteiger partial charge in [0.1, 0.15) is 0 Å². The third kappa shape index (κ3) is 2.48. The molecule has 0 radical (unpaired) electrons. The predicted octanol–water partition coefficient (Wildman–Crippen LogP) is 1.26. The predicted molar refractivity (Wildman–Crippen MR) is 52.3 cm³/mol. The minimum absolute atomic E-state index is 0. The number of carbonyl (C=O) groups is 1. The lowest BCUT2D eigenvalue weighted by atomic mass is 10.1. The van der Waals surface area contributed by atoms with E-state index in [2.05, 4.69) is 5.43 Å². The van der Waals surface area contributed by atoms with E-state index in [0.29, 0.717) is 0 Å². The average molecular weight is 207 g/mol. The van der Waals surface area contributed by atoms with Gasteiger partial charge in [-0.1, -0.05) is 6.07 Å². The van der Waals surface area contributed by atoms with Crippen LogP contribution in [-0.4, -0.2) is 5.91 Å². The molecule has 0 aliphatic rings. The third-order valence-corrected chi connectivity index (χ3v) is 2.56. The molecule has 5 heteroatoms. The lowest BCUT2D eigenvalue weighted by Gasteiger charge is -2.05. The van der Waals surface area contributed by atoms with Crippen molar-refractivity contribution in [3.8, 4) is 0 Å². The van der Waals surface area contributed by atoms with Crippen LogP contribution in [0.15, 0.2) is 17.5 Å². The molecule has 0 aromatic carbocycles. The summed E-state index contributed by atoms with van der Waals surface area (Å²) in [4.78, 5) is 12.0. The van der Waals surface area contributed by atoms with Gasteiger partial charge in [0.05, 0.1) is 5.92 Å². The molecule has 0 aliphatic carbocycles. The van der Waals surface area contributed by atoms with Gasteiger partial charge >= 0.3 is 0 Å². The van der Waals surface area contributed by atoms with Crippen molar-refractivity contribution in [3.63, 3.8) is 0 Å². The van der Waals surface area contributed by atoms with E-state index < -0.39 is 0 Å². The normalized spacial score (nSPS) is 11.5. The second kappa shape index (κ2) is 5.13. The van der Waals surface area contributed by atoms with Gasteiger partial charge in [0.15, 0.2) is 0 Å². The molecule has 68 valence electrons. The van der Waals surface area contributed by atoms with Crippen molar-refractivity contribution >= 4 is 29.7 Å². The number of nitrogens with one attached hydrogen (secondary N) is 1. The first kappa shape index (κ1) is 11.4. The molecule has 3 nitrogen and oxygen atoms in total. The topological polar surface area (TPSA) is 55.1 Å². The molecule has 1 amide bonds. The Labute approximate surface area is 81.3 Å². The Balaban J connectivity index is 0.00000121. The summed E-state index contributed by atoms with van der Waals surface area (Å²) in [5.74, 6) is 4.70. The first-order valence-corrected chi connectivity index (χ1v) is 4.17. The van der Waals surface area contributed by atoms with Gasteiger partial charge in [0.2, 0.25) is 5.91 Å². The van der Waals surface area contributed by atoms with Crippen LogP contribution in [0.3, 0.4) is 0 Å². The molecule has 0 aliphatic heterocycles. The van der Waals surface area contributed by atoms with Gasteiger partial charge in [-0.05, 0) is 18.4 Å². The number of amides is 1. The maximum absolute atomic E-state index is 11.0. The smallest absolute Gasteiger partial charge is 0.241 e. The molecular weight excluding hydrogens is 196 g/mol. The van der Waals surface area contributed by atoms with Crippen LogP contribution in [0.2, 0.25) is 0 Å². The molecule has 12 heavy (non-hydrogen) atoms. The molecule has 0 saturated heterocycles. The lowest BCUT2D eigenvalue weighted by Crippen LogP contribution is -2.33. The number of halogens is 1. The number of nitrogens with two attached hydrogens (primary N) is 1. The van der Waals surface area contributed by atoms with Gasteiger partial charge in [0, 0.05) is 4.88 Å². The number of hydrazine groups is 1. The second-order valence-corrected chi connectivity index (χ2v) is 3.22. The van der Waals surface area contributed by atoms with Crippen LogP contribution in [-0.2, 0) is 4.79 Å². The molecular formula is C7H11ClN2OS. The summed E-state index contributed by atoms with van der Waals surface area (Å²) in [5.41, 5.74) is 2.12. The standard InChI is InChI=1S/C7H10N2OS.ClH/c1-5(7(10)9-8)6-3-2-4-11-6;/h2-5H,8H2,1H3,(H,9,10);1H.